The van der Waals surface area contributed by atoms with Gasteiger partial charge in [-0.3, -0.25) is 4.79 Å². The van der Waals surface area contributed by atoms with Crippen molar-refractivity contribution in [1.82, 2.24) is 0 Å². The van der Waals surface area contributed by atoms with Crippen LogP contribution in [0.1, 0.15) is 19.8 Å². The standard InChI is InChI=1S/C9H16O6/c1-2-3-6(11)15-9-8(13)7(12)5(10)4-14-9/h5,7-10,12-13H,2-4H2,1H3/t5-,7+,8+,9+/m1/s1. The number of hydrogen-bond acceptors (Lipinski definition) is 6. The summed E-state index contributed by atoms with van der Waals surface area (Å²) in [5.41, 5.74) is 0. The summed E-state index contributed by atoms with van der Waals surface area (Å²) in [5, 5.41) is 27.8. The van der Waals surface area contributed by atoms with Crippen molar-refractivity contribution in [1.29, 1.82) is 0 Å². The lowest BCUT2D eigenvalue weighted by Gasteiger charge is -2.34. The van der Waals surface area contributed by atoms with Crippen LogP contribution < -0.4 is 0 Å². The van der Waals surface area contributed by atoms with Gasteiger partial charge in [0.1, 0.15) is 18.3 Å². The minimum atomic E-state index is -1.41. The van der Waals surface area contributed by atoms with Crippen molar-refractivity contribution in [2.75, 3.05) is 6.61 Å². The normalized spacial score (nSPS) is 36.3. The van der Waals surface area contributed by atoms with E-state index in [9.17, 15) is 15.0 Å². The van der Waals surface area contributed by atoms with Gasteiger partial charge in [0.2, 0.25) is 6.29 Å². The van der Waals surface area contributed by atoms with Gasteiger partial charge in [-0.15, -0.1) is 0 Å². The Kier molecular flexibility index (Phi) is 4.46. The molecule has 1 heterocycles. The quantitative estimate of drug-likeness (QED) is 0.515. The van der Waals surface area contributed by atoms with E-state index in [1.165, 1.54) is 0 Å². The van der Waals surface area contributed by atoms with E-state index in [1.807, 2.05) is 6.92 Å². The average Bonchev–Trinajstić information content (AvgIpc) is 2.20. The Morgan fingerprint density at radius 3 is 2.67 bits per heavy atom. The highest BCUT2D eigenvalue weighted by atomic mass is 16.7. The summed E-state index contributed by atoms with van der Waals surface area (Å²) in [4.78, 5) is 11.1. The molecule has 0 radical (unpaired) electrons. The number of carbonyl (C=O) groups is 1. The predicted octanol–water partition coefficient (Wildman–Crippen LogP) is -1.23. The maximum absolute atomic E-state index is 11.1. The molecule has 1 rings (SSSR count). The van der Waals surface area contributed by atoms with E-state index >= 15 is 0 Å². The molecule has 88 valence electrons. The molecule has 1 aliphatic heterocycles. The van der Waals surface area contributed by atoms with Gasteiger partial charge in [-0.2, -0.15) is 0 Å². The summed E-state index contributed by atoms with van der Waals surface area (Å²) < 4.78 is 9.67. The van der Waals surface area contributed by atoms with Crippen LogP contribution in [0.2, 0.25) is 0 Å². The summed E-state index contributed by atoms with van der Waals surface area (Å²) in [5.74, 6) is -0.495. The van der Waals surface area contributed by atoms with E-state index in [0.717, 1.165) is 0 Å². The van der Waals surface area contributed by atoms with E-state index in [2.05, 4.69) is 0 Å². The molecule has 0 aliphatic carbocycles. The number of ether oxygens (including phenoxy) is 2. The molecule has 0 bridgehead atoms. The van der Waals surface area contributed by atoms with Crippen molar-refractivity contribution < 1.29 is 29.6 Å². The third-order valence-electron chi connectivity index (χ3n) is 2.16. The number of rotatable bonds is 3. The van der Waals surface area contributed by atoms with Gasteiger partial charge in [-0.25, -0.2) is 0 Å². The van der Waals surface area contributed by atoms with Crippen LogP contribution in [0.5, 0.6) is 0 Å². The van der Waals surface area contributed by atoms with Gasteiger partial charge in [-0.05, 0) is 6.42 Å². The Labute approximate surface area is 87.4 Å². The second kappa shape index (κ2) is 5.41. The molecule has 0 aromatic carbocycles. The minimum Gasteiger partial charge on any atom is -0.433 e. The Hall–Kier alpha value is -0.690. The zero-order valence-electron chi connectivity index (χ0n) is 8.50. The molecule has 4 atom stereocenters. The van der Waals surface area contributed by atoms with Crippen molar-refractivity contribution in [2.24, 2.45) is 0 Å². The van der Waals surface area contributed by atoms with Crippen molar-refractivity contribution in [3.63, 3.8) is 0 Å². The Morgan fingerprint density at radius 1 is 1.40 bits per heavy atom. The molecule has 0 saturated carbocycles. The van der Waals surface area contributed by atoms with Crippen molar-refractivity contribution in [2.45, 2.75) is 44.4 Å². The van der Waals surface area contributed by atoms with Crippen LogP contribution in [0.4, 0.5) is 0 Å². The number of carbonyl (C=O) groups excluding carboxylic acids is 1. The first-order valence-corrected chi connectivity index (χ1v) is 4.91. The number of hydrogen-bond donors (Lipinski definition) is 3. The Bertz CT molecular complexity index is 219. The molecule has 6 heteroatoms. The maximum atomic E-state index is 11.1. The molecular weight excluding hydrogens is 204 g/mol. The van der Waals surface area contributed by atoms with Gasteiger partial charge in [0.25, 0.3) is 0 Å². The minimum absolute atomic E-state index is 0.164. The first kappa shape index (κ1) is 12.4. The molecule has 1 fully saturated rings. The third-order valence-corrected chi connectivity index (χ3v) is 2.16. The topological polar surface area (TPSA) is 96.2 Å². The fourth-order valence-corrected chi connectivity index (χ4v) is 1.28. The summed E-state index contributed by atoms with van der Waals surface area (Å²) >= 11 is 0. The van der Waals surface area contributed by atoms with Gasteiger partial charge in [0, 0.05) is 6.42 Å². The summed E-state index contributed by atoms with van der Waals surface area (Å²) in [6.07, 6.45) is -4.24. The van der Waals surface area contributed by atoms with E-state index in [1.54, 1.807) is 0 Å². The monoisotopic (exact) mass is 220 g/mol. The fraction of sp³-hybridized carbons (Fsp3) is 0.889. The molecule has 0 spiro atoms. The first-order chi connectivity index (χ1) is 7.06. The predicted molar refractivity (Wildman–Crippen MR) is 48.8 cm³/mol. The summed E-state index contributed by atoms with van der Waals surface area (Å²) in [6, 6.07) is 0. The van der Waals surface area contributed by atoms with Crippen LogP contribution in [-0.4, -0.2) is 52.5 Å². The number of esters is 1. The zero-order chi connectivity index (χ0) is 11.4. The van der Waals surface area contributed by atoms with Crippen LogP contribution in [0.3, 0.4) is 0 Å². The van der Waals surface area contributed by atoms with Gasteiger partial charge < -0.3 is 24.8 Å². The molecule has 0 amide bonds. The molecular formula is C9H16O6. The lowest BCUT2D eigenvalue weighted by molar-refractivity contribution is -0.262. The van der Waals surface area contributed by atoms with Crippen LogP contribution in [0.25, 0.3) is 0 Å². The smallest absolute Gasteiger partial charge is 0.308 e. The van der Waals surface area contributed by atoms with Crippen molar-refractivity contribution >= 4 is 5.97 Å². The molecule has 15 heavy (non-hydrogen) atoms. The average molecular weight is 220 g/mol. The van der Waals surface area contributed by atoms with Gasteiger partial charge >= 0.3 is 5.97 Å². The first-order valence-electron chi connectivity index (χ1n) is 4.91. The van der Waals surface area contributed by atoms with Crippen LogP contribution in [0, 0.1) is 0 Å². The maximum Gasteiger partial charge on any atom is 0.308 e. The summed E-state index contributed by atoms with van der Waals surface area (Å²) in [6.45, 7) is 1.65. The number of aliphatic hydroxyl groups excluding tert-OH is 3. The third kappa shape index (κ3) is 3.13. The SMILES string of the molecule is CCCC(=O)O[C@@H]1OC[C@@H](O)[C@H](O)[C@@H]1O. The second-order valence-electron chi connectivity index (χ2n) is 3.49. The van der Waals surface area contributed by atoms with Gasteiger partial charge in [0.05, 0.1) is 6.61 Å². The molecule has 0 unspecified atom stereocenters. The molecule has 1 aliphatic rings. The largest absolute Gasteiger partial charge is 0.433 e. The fourth-order valence-electron chi connectivity index (χ4n) is 1.28. The zero-order valence-corrected chi connectivity index (χ0v) is 8.50. The van der Waals surface area contributed by atoms with Gasteiger partial charge in [-0.1, -0.05) is 6.92 Å². The number of aliphatic hydroxyl groups is 3. The Balaban J connectivity index is 2.45. The molecule has 0 aromatic rings. The second-order valence-corrected chi connectivity index (χ2v) is 3.49. The van der Waals surface area contributed by atoms with Crippen molar-refractivity contribution in [3.05, 3.63) is 0 Å². The molecule has 6 nitrogen and oxygen atoms in total. The molecule has 1 saturated heterocycles. The highest BCUT2D eigenvalue weighted by molar-refractivity contribution is 5.69. The highest BCUT2D eigenvalue weighted by Gasteiger charge is 2.39. The molecule has 0 aromatic heterocycles. The lowest BCUT2D eigenvalue weighted by atomic mass is 10.1. The van der Waals surface area contributed by atoms with E-state index < -0.39 is 30.6 Å². The summed E-state index contributed by atoms with van der Waals surface area (Å²) in [7, 11) is 0. The Morgan fingerprint density at radius 2 is 2.07 bits per heavy atom. The lowest BCUT2D eigenvalue weighted by Crippen LogP contribution is -2.54. The molecule has 3 N–H and O–H groups in total. The van der Waals surface area contributed by atoms with Crippen LogP contribution >= 0.6 is 0 Å². The van der Waals surface area contributed by atoms with Crippen LogP contribution in [-0.2, 0) is 14.3 Å². The van der Waals surface area contributed by atoms with E-state index in [0.29, 0.717) is 6.42 Å². The van der Waals surface area contributed by atoms with Crippen molar-refractivity contribution in [3.8, 4) is 0 Å². The highest BCUT2D eigenvalue weighted by Crippen LogP contribution is 2.17. The van der Waals surface area contributed by atoms with E-state index in [4.69, 9.17) is 14.6 Å². The van der Waals surface area contributed by atoms with E-state index in [-0.39, 0.29) is 13.0 Å². The van der Waals surface area contributed by atoms with Crippen LogP contribution in [0.15, 0.2) is 0 Å². The van der Waals surface area contributed by atoms with Gasteiger partial charge in [0.15, 0.2) is 0 Å².